The lowest BCUT2D eigenvalue weighted by molar-refractivity contribution is -0.232. The first-order valence-corrected chi connectivity index (χ1v) is 9.76. The minimum absolute atomic E-state index is 0.0395. The number of hydrogen-bond acceptors (Lipinski definition) is 8. The lowest BCUT2D eigenvalue weighted by Crippen LogP contribution is -2.66. The summed E-state index contributed by atoms with van der Waals surface area (Å²) >= 11 is 0. The zero-order valence-electron chi connectivity index (χ0n) is 17.2. The van der Waals surface area contributed by atoms with Crippen molar-refractivity contribution < 1.29 is 38.4 Å². The maximum atomic E-state index is 12.5. The number of hydrogen-bond donors (Lipinski definition) is 1. The highest BCUT2D eigenvalue weighted by Crippen LogP contribution is 2.71. The molecule has 2 heterocycles. The Labute approximate surface area is 168 Å². The minimum atomic E-state index is -1.90. The van der Waals surface area contributed by atoms with Crippen LogP contribution >= 0.6 is 0 Å². The number of carbonyl (C=O) groups excluding carboxylic acids is 3. The smallest absolute Gasteiger partial charge is 0.336 e. The van der Waals surface area contributed by atoms with Gasteiger partial charge >= 0.3 is 17.9 Å². The van der Waals surface area contributed by atoms with Crippen molar-refractivity contribution >= 4 is 17.9 Å². The molecular formula is C21H26O8. The molecule has 2 aliphatic carbocycles. The summed E-state index contributed by atoms with van der Waals surface area (Å²) in [6.07, 6.45) is -1.27. The van der Waals surface area contributed by atoms with Gasteiger partial charge in [-0.05, 0) is 13.8 Å². The molecule has 2 saturated carbocycles. The topological polar surface area (TPSA) is 112 Å². The first-order chi connectivity index (χ1) is 13.4. The van der Waals surface area contributed by atoms with E-state index in [1.807, 2.05) is 13.8 Å². The third-order valence-electron chi connectivity index (χ3n) is 7.27. The van der Waals surface area contributed by atoms with Gasteiger partial charge in [0.25, 0.3) is 0 Å². The van der Waals surface area contributed by atoms with E-state index in [1.54, 1.807) is 6.92 Å². The highest BCUT2D eigenvalue weighted by atomic mass is 16.7. The number of epoxide rings is 1. The van der Waals surface area contributed by atoms with E-state index in [1.165, 1.54) is 13.8 Å². The van der Waals surface area contributed by atoms with Crippen LogP contribution < -0.4 is 0 Å². The minimum Gasteiger partial charge on any atom is -0.462 e. The molecule has 1 N–H and O–H groups in total. The molecule has 0 aromatic heterocycles. The van der Waals surface area contributed by atoms with Crippen LogP contribution in [0.5, 0.6) is 0 Å². The highest BCUT2D eigenvalue weighted by molar-refractivity contribution is 5.93. The third-order valence-corrected chi connectivity index (χ3v) is 7.27. The molecule has 0 unspecified atom stereocenters. The molecule has 1 saturated heterocycles. The SMILES string of the molecule is C=C(C)C(=O)O[C@@H]1C2=C(C)C(=O)O[C@@]2(O)C[C@@]23O[C@@H]2C[C@H](OC(C)=O)[C@H](C)[C@@]13C. The fourth-order valence-corrected chi connectivity index (χ4v) is 5.55. The van der Waals surface area contributed by atoms with Gasteiger partial charge in [-0.1, -0.05) is 20.4 Å². The molecule has 4 rings (SSSR count). The fraction of sp³-hybridized carbons (Fsp3) is 0.667. The number of carbonyl (C=O) groups is 3. The maximum absolute atomic E-state index is 12.5. The van der Waals surface area contributed by atoms with Gasteiger partial charge in [0.15, 0.2) is 0 Å². The van der Waals surface area contributed by atoms with E-state index >= 15 is 0 Å². The van der Waals surface area contributed by atoms with Gasteiger partial charge in [0.1, 0.15) is 17.8 Å². The van der Waals surface area contributed by atoms with E-state index in [0.717, 1.165) is 0 Å². The van der Waals surface area contributed by atoms with Crippen molar-refractivity contribution in [3.63, 3.8) is 0 Å². The first kappa shape index (κ1) is 20.1. The van der Waals surface area contributed by atoms with Crippen LogP contribution in [0.3, 0.4) is 0 Å². The zero-order valence-corrected chi connectivity index (χ0v) is 17.2. The normalized spacial score (nSPS) is 44.8. The lowest BCUT2D eigenvalue weighted by Gasteiger charge is -2.55. The van der Waals surface area contributed by atoms with Crippen molar-refractivity contribution in [2.45, 2.75) is 77.2 Å². The van der Waals surface area contributed by atoms with Crippen molar-refractivity contribution in [1.82, 2.24) is 0 Å². The van der Waals surface area contributed by atoms with Crippen molar-refractivity contribution in [1.29, 1.82) is 0 Å². The molecule has 29 heavy (non-hydrogen) atoms. The Morgan fingerprint density at radius 2 is 1.93 bits per heavy atom. The average Bonchev–Trinajstić information content (AvgIpc) is 3.24. The van der Waals surface area contributed by atoms with Gasteiger partial charge in [-0.15, -0.1) is 0 Å². The Bertz CT molecular complexity index is 874. The van der Waals surface area contributed by atoms with Crippen LogP contribution in [0.2, 0.25) is 0 Å². The summed E-state index contributed by atoms with van der Waals surface area (Å²) in [5.41, 5.74) is -1.10. The van der Waals surface area contributed by atoms with E-state index in [0.29, 0.717) is 6.42 Å². The Morgan fingerprint density at radius 3 is 2.52 bits per heavy atom. The quantitative estimate of drug-likeness (QED) is 0.325. The standard InChI is InChI=1S/C21H26O8/c1-9(2)17(23)27-16-15-10(3)18(24)29-21(15,25)8-20-14(28-20)7-13(26-12(5)22)11(4)19(16,20)6/h11,13-14,16,25H,1,7-8H2,2-6H3/t11-,13-,14+,16+,19-,20+,21-/m0/s1. The molecule has 8 heteroatoms. The highest BCUT2D eigenvalue weighted by Gasteiger charge is 2.82. The summed E-state index contributed by atoms with van der Waals surface area (Å²) < 4.78 is 22.8. The summed E-state index contributed by atoms with van der Waals surface area (Å²) in [5.74, 6) is -3.89. The van der Waals surface area contributed by atoms with Gasteiger partial charge in [-0.3, -0.25) is 4.79 Å². The molecule has 2 aliphatic heterocycles. The van der Waals surface area contributed by atoms with Crippen molar-refractivity contribution in [2.24, 2.45) is 11.3 Å². The molecule has 0 aromatic rings. The molecule has 4 aliphatic rings. The van der Waals surface area contributed by atoms with E-state index in [2.05, 4.69) is 6.58 Å². The van der Waals surface area contributed by atoms with Gasteiger partial charge in [-0.25, -0.2) is 9.59 Å². The maximum Gasteiger partial charge on any atom is 0.336 e. The predicted octanol–water partition coefficient (Wildman–Crippen LogP) is 1.56. The molecule has 0 aromatic carbocycles. The molecule has 8 nitrogen and oxygen atoms in total. The number of fused-ring (bicyclic) bond motifs is 1. The zero-order chi connectivity index (χ0) is 21.5. The average molecular weight is 406 g/mol. The fourth-order valence-electron chi connectivity index (χ4n) is 5.55. The van der Waals surface area contributed by atoms with Crippen LogP contribution in [-0.4, -0.2) is 52.7 Å². The van der Waals surface area contributed by atoms with E-state index in [9.17, 15) is 19.5 Å². The van der Waals surface area contributed by atoms with Crippen LogP contribution in [0.1, 0.15) is 47.5 Å². The van der Waals surface area contributed by atoms with Crippen LogP contribution in [-0.2, 0) is 33.3 Å². The van der Waals surface area contributed by atoms with Crippen LogP contribution in [0.25, 0.3) is 0 Å². The second kappa shape index (κ2) is 5.92. The molecule has 0 bridgehead atoms. The van der Waals surface area contributed by atoms with Crippen molar-refractivity contribution in [3.05, 3.63) is 23.3 Å². The van der Waals surface area contributed by atoms with Gasteiger partial charge in [0.2, 0.25) is 5.79 Å². The summed E-state index contributed by atoms with van der Waals surface area (Å²) in [6.45, 7) is 11.8. The van der Waals surface area contributed by atoms with Crippen LogP contribution in [0, 0.1) is 11.3 Å². The first-order valence-electron chi connectivity index (χ1n) is 9.76. The van der Waals surface area contributed by atoms with Crippen molar-refractivity contribution in [2.75, 3.05) is 0 Å². The monoisotopic (exact) mass is 406 g/mol. The van der Waals surface area contributed by atoms with Crippen LogP contribution in [0.15, 0.2) is 23.3 Å². The summed E-state index contributed by atoms with van der Waals surface area (Å²) in [4.78, 5) is 36.5. The number of esters is 3. The van der Waals surface area contributed by atoms with Gasteiger partial charge < -0.3 is 24.1 Å². The Balaban J connectivity index is 1.86. The predicted molar refractivity (Wildman–Crippen MR) is 98.1 cm³/mol. The van der Waals surface area contributed by atoms with Gasteiger partial charge in [0.05, 0.1) is 11.7 Å². The number of ether oxygens (including phenoxy) is 4. The summed E-state index contributed by atoms with van der Waals surface area (Å²) in [6, 6.07) is 0. The Hall–Kier alpha value is -2.19. The molecular weight excluding hydrogens is 380 g/mol. The van der Waals surface area contributed by atoms with E-state index < -0.39 is 46.9 Å². The Morgan fingerprint density at radius 1 is 1.28 bits per heavy atom. The molecule has 1 spiro atoms. The van der Waals surface area contributed by atoms with Crippen molar-refractivity contribution in [3.8, 4) is 0 Å². The summed E-state index contributed by atoms with van der Waals surface area (Å²) in [5, 5.41) is 11.2. The molecule has 0 amide bonds. The van der Waals surface area contributed by atoms with E-state index in [4.69, 9.17) is 18.9 Å². The lowest BCUT2D eigenvalue weighted by atomic mass is 9.51. The third kappa shape index (κ3) is 2.48. The van der Waals surface area contributed by atoms with Gasteiger partial charge in [-0.2, -0.15) is 0 Å². The number of aliphatic hydroxyl groups is 1. The van der Waals surface area contributed by atoms with Crippen LogP contribution in [0.4, 0.5) is 0 Å². The second-order valence-corrected chi connectivity index (χ2v) is 8.91. The van der Waals surface area contributed by atoms with Gasteiger partial charge in [0, 0.05) is 42.2 Å². The molecule has 7 atom stereocenters. The Kier molecular flexibility index (Phi) is 4.10. The molecule has 0 radical (unpaired) electrons. The summed E-state index contributed by atoms with van der Waals surface area (Å²) in [7, 11) is 0. The number of rotatable bonds is 3. The molecule has 158 valence electrons. The largest absolute Gasteiger partial charge is 0.462 e. The van der Waals surface area contributed by atoms with E-state index in [-0.39, 0.29) is 35.2 Å². The molecule has 3 fully saturated rings. The second-order valence-electron chi connectivity index (χ2n) is 8.91.